The molecule has 0 aromatic rings. The Morgan fingerprint density at radius 1 is 1.55 bits per heavy atom. The van der Waals surface area contributed by atoms with E-state index in [1.807, 2.05) is 0 Å². The number of hydrogen-bond acceptors (Lipinski definition) is 2. The van der Waals surface area contributed by atoms with E-state index >= 15 is 0 Å². The van der Waals surface area contributed by atoms with E-state index in [0.717, 1.165) is 5.82 Å². The van der Waals surface area contributed by atoms with Gasteiger partial charge in [-0.3, -0.25) is 4.57 Å². The topological polar surface area (TPSA) is 77.8 Å². The van der Waals surface area contributed by atoms with Crippen LogP contribution < -0.4 is 0 Å². The summed E-state index contributed by atoms with van der Waals surface area (Å²) in [5.41, 5.74) is 0.648. The Morgan fingerprint density at radius 2 is 2.09 bits per heavy atom. The maximum atomic E-state index is 10.2. The molecule has 0 amide bonds. The third kappa shape index (κ3) is 7.49. The van der Waals surface area contributed by atoms with Gasteiger partial charge < -0.3 is 14.9 Å². The van der Waals surface area contributed by atoms with Gasteiger partial charge in [-0.2, -0.15) is 0 Å². The van der Waals surface area contributed by atoms with Crippen LogP contribution in [0.5, 0.6) is 0 Å². The number of aliphatic hydroxyl groups is 1. The molecule has 0 radical (unpaired) electrons. The zero-order valence-corrected chi connectivity index (χ0v) is 7.03. The molecule has 3 N–H and O–H groups in total. The second-order valence-electron chi connectivity index (χ2n) is 2.10. The summed E-state index contributed by atoms with van der Waals surface area (Å²) in [7, 11) is -4.04. The Balaban J connectivity index is 4.07. The Bertz CT molecular complexity index is 213. The molecule has 0 saturated heterocycles. The van der Waals surface area contributed by atoms with E-state index in [2.05, 4.69) is 0 Å². The fourth-order valence-corrected chi connectivity index (χ4v) is 0.682. The van der Waals surface area contributed by atoms with Gasteiger partial charge in [0.1, 0.15) is 0 Å². The van der Waals surface area contributed by atoms with Gasteiger partial charge >= 0.3 is 7.60 Å². The fourth-order valence-electron chi connectivity index (χ4n) is 0.372. The van der Waals surface area contributed by atoms with Crippen molar-refractivity contribution < 1.29 is 19.5 Å². The lowest BCUT2D eigenvalue weighted by Gasteiger charge is -1.92. The number of rotatable bonds is 3. The summed E-state index contributed by atoms with van der Waals surface area (Å²) in [5, 5.41) is 8.47. The van der Waals surface area contributed by atoms with E-state index in [1.54, 1.807) is 6.92 Å². The lowest BCUT2D eigenvalue weighted by atomic mass is 10.3. The molecule has 0 aromatic carbocycles. The minimum absolute atomic E-state index is 0.106. The quantitative estimate of drug-likeness (QED) is 0.437. The lowest BCUT2D eigenvalue weighted by Crippen LogP contribution is -1.81. The molecule has 4 nitrogen and oxygen atoms in total. The Labute approximate surface area is 65.0 Å². The summed E-state index contributed by atoms with van der Waals surface area (Å²) in [6.07, 6.45) is 2.67. The molecule has 0 aliphatic carbocycles. The Morgan fingerprint density at radius 3 is 2.45 bits per heavy atom. The van der Waals surface area contributed by atoms with Crippen LogP contribution >= 0.6 is 7.60 Å². The van der Waals surface area contributed by atoms with Crippen LogP contribution in [0.15, 0.2) is 23.5 Å². The van der Waals surface area contributed by atoms with Gasteiger partial charge in [0.05, 0.1) is 6.61 Å². The van der Waals surface area contributed by atoms with Gasteiger partial charge in [0.2, 0.25) is 0 Å². The molecule has 11 heavy (non-hydrogen) atoms. The first-order valence-electron chi connectivity index (χ1n) is 2.97. The second-order valence-corrected chi connectivity index (χ2v) is 3.58. The third-order valence-electron chi connectivity index (χ3n) is 0.910. The average molecular weight is 178 g/mol. The standard InChI is InChI=1S/C6H11O4P/c1-6(5-7)3-2-4-11(8,9)10/h2-4,7H,5H2,1H3,(H2,8,9,10)/b4-2+,6-3+. The zero-order valence-electron chi connectivity index (χ0n) is 6.14. The van der Waals surface area contributed by atoms with Crippen molar-refractivity contribution in [1.29, 1.82) is 0 Å². The van der Waals surface area contributed by atoms with E-state index in [4.69, 9.17) is 14.9 Å². The van der Waals surface area contributed by atoms with Crippen LogP contribution in [0, 0.1) is 0 Å². The largest absolute Gasteiger partial charge is 0.392 e. The SMILES string of the molecule is C/C(=C\C=C\P(=O)(O)O)CO. The molecule has 0 saturated carbocycles. The first kappa shape index (κ1) is 10.6. The molecule has 0 spiro atoms. The summed E-state index contributed by atoms with van der Waals surface area (Å²) in [6.45, 7) is 1.55. The molecule has 0 aromatic heterocycles. The number of aliphatic hydroxyl groups excluding tert-OH is 1. The van der Waals surface area contributed by atoms with E-state index in [1.165, 1.54) is 12.2 Å². The van der Waals surface area contributed by atoms with Gasteiger partial charge in [-0.1, -0.05) is 12.2 Å². The fraction of sp³-hybridized carbons (Fsp3) is 0.333. The predicted octanol–water partition coefficient (Wildman–Crippen LogP) is 0.616. The Hall–Kier alpha value is -0.410. The Kier molecular flexibility index (Phi) is 4.30. The highest BCUT2D eigenvalue weighted by Gasteiger charge is 2.03. The molecule has 0 fully saturated rings. The molecule has 64 valence electrons. The highest BCUT2D eigenvalue weighted by molar-refractivity contribution is 7.55. The molecule has 0 aliphatic rings. The number of allylic oxidation sites excluding steroid dienone is 2. The molecule has 5 heteroatoms. The van der Waals surface area contributed by atoms with Crippen molar-refractivity contribution in [3.63, 3.8) is 0 Å². The van der Waals surface area contributed by atoms with Crippen molar-refractivity contribution in [3.05, 3.63) is 23.5 Å². The van der Waals surface area contributed by atoms with Crippen molar-refractivity contribution in [2.75, 3.05) is 6.61 Å². The van der Waals surface area contributed by atoms with Gasteiger partial charge in [-0.25, -0.2) is 0 Å². The molecular formula is C6H11O4P. The summed E-state index contributed by atoms with van der Waals surface area (Å²) in [4.78, 5) is 16.7. The van der Waals surface area contributed by atoms with E-state index in [-0.39, 0.29) is 6.61 Å². The highest BCUT2D eigenvalue weighted by Crippen LogP contribution is 2.35. The molecule has 0 bridgehead atoms. The minimum atomic E-state index is -4.04. The zero-order chi connectivity index (χ0) is 8.91. The molecule has 0 heterocycles. The van der Waals surface area contributed by atoms with Crippen molar-refractivity contribution in [2.45, 2.75) is 6.92 Å². The lowest BCUT2D eigenvalue weighted by molar-refractivity contribution is 0.331. The first-order chi connectivity index (χ1) is 4.95. The third-order valence-corrected chi connectivity index (χ3v) is 1.47. The van der Waals surface area contributed by atoms with Crippen LogP contribution in [-0.4, -0.2) is 21.5 Å². The molecule has 0 aliphatic heterocycles. The second kappa shape index (κ2) is 4.46. The number of hydrogen-bond donors (Lipinski definition) is 3. The molecular weight excluding hydrogens is 167 g/mol. The summed E-state index contributed by atoms with van der Waals surface area (Å²) in [6, 6.07) is 0. The van der Waals surface area contributed by atoms with Crippen LogP contribution in [0.2, 0.25) is 0 Å². The van der Waals surface area contributed by atoms with Gasteiger partial charge in [-0.05, 0) is 12.5 Å². The van der Waals surface area contributed by atoms with Gasteiger partial charge in [-0.15, -0.1) is 0 Å². The normalized spacial score (nSPS) is 14.4. The monoisotopic (exact) mass is 178 g/mol. The van der Waals surface area contributed by atoms with Crippen molar-refractivity contribution >= 4 is 7.60 Å². The highest BCUT2D eigenvalue weighted by atomic mass is 31.2. The van der Waals surface area contributed by atoms with Crippen LogP contribution in [-0.2, 0) is 4.57 Å². The average Bonchev–Trinajstić information content (AvgIpc) is 1.85. The summed E-state index contributed by atoms with van der Waals surface area (Å²) >= 11 is 0. The van der Waals surface area contributed by atoms with E-state index in [9.17, 15) is 4.57 Å². The smallest absolute Gasteiger partial charge is 0.349 e. The molecule has 0 unspecified atom stereocenters. The van der Waals surface area contributed by atoms with Gasteiger partial charge in [0.15, 0.2) is 0 Å². The van der Waals surface area contributed by atoms with Gasteiger partial charge in [0, 0.05) is 5.82 Å². The van der Waals surface area contributed by atoms with Crippen molar-refractivity contribution in [2.24, 2.45) is 0 Å². The van der Waals surface area contributed by atoms with Crippen molar-refractivity contribution in [1.82, 2.24) is 0 Å². The molecule has 0 rings (SSSR count). The van der Waals surface area contributed by atoms with Crippen LogP contribution in [0.4, 0.5) is 0 Å². The van der Waals surface area contributed by atoms with Crippen LogP contribution in [0.3, 0.4) is 0 Å². The van der Waals surface area contributed by atoms with Crippen LogP contribution in [0.1, 0.15) is 6.92 Å². The maximum absolute atomic E-state index is 10.2. The summed E-state index contributed by atoms with van der Waals surface area (Å²) in [5.74, 6) is 0.784. The first-order valence-corrected chi connectivity index (χ1v) is 4.65. The molecule has 0 atom stereocenters. The van der Waals surface area contributed by atoms with Crippen molar-refractivity contribution in [3.8, 4) is 0 Å². The van der Waals surface area contributed by atoms with E-state index in [0.29, 0.717) is 5.57 Å². The summed E-state index contributed by atoms with van der Waals surface area (Å²) < 4.78 is 10.2. The van der Waals surface area contributed by atoms with E-state index < -0.39 is 7.60 Å². The van der Waals surface area contributed by atoms with Crippen LogP contribution in [0.25, 0.3) is 0 Å². The van der Waals surface area contributed by atoms with Gasteiger partial charge in [0.25, 0.3) is 0 Å². The maximum Gasteiger partial charge on any atom is 0.349 e. The predicted molar refractivity (Wildman–Crippen MR) is 42.0 cm³/mol. The minimum Gasteiger partial charge on any atom is -0.392 e.